The quantitative estimate of drug-likeness (QED) is 0.616. The lowest BCUT2D eigenvalue weighted by atomic mass is 9.88. The summed E-state index contributed by atoms with van der Waals surface area (Å²) in [5.41, 5.74) is 0. The minimum absolute atomic E-state index is 0.161. The molecule has 1 N–H and O–H groups in total. The predicted molar refractivity (Wildman–Crippen MR) is 77.5 cm³/mol. The molecule has 120 valence electrons. The van der Waals surface area contributed by atoms with E-state index in [-0.39, 0.29) is 17.6 Å². The Morgan fingerprint density at radius 2 is 2.33 bits per heavy atom. The molecule has 0 aliphatic carbocycles. The van der Waals surface area contributed by atoms with E-state index in [1.165, 1.54) is 4.80 Å². The van der Waals surface area contributed by atoms with Gasteiger partial charge in [0.25, 0.3) is 0 Å². The fraction of sp³-hybridized carbons (Fsp3) is 0.917. The van der Waals surface area contributed by atoms with Crippen molar-refractivity contribution in [1.82, 2.24) is 25.5 Å². The van der Waals surface area contributed by atoms with Gasteiger partial charge in [0.1, 0.15) is 0 Å². The largest absolute Gasteiger partial charge is 0.383 e. The normalized spacial score (nSPS) is 22.5. The number of aryl methyl sites for hydroxylation is 1. The van der Waals surface area contributed by atoms with Crippen LogP contribution in [0.25, 0.3) is 0 Å². The van der Waals surface area contributed by atoms with Crippen LogP contribution in [0.3, 0.4) is 0 Å². The van der Waals surface area contributed by atoms with E-state index in [4.69, 9.17) is 4.74 Å². The number of ether oxygens (including phenoxy) is 1. The third-order valence-corrected chi connectivity index (χ3v) is 5.61. The zero-order valence-electron chi connectivity index (χ0n) is 12.5. The molecular weight excluding hydrogens is 294 g/mol. The molecule has 1 aromatic rings. The van der Waals surface area contributed by atoms with E-state index in [9.17, 15) is 8.42 Å². The van der Waals surface area contributed by atoms with Crippen molar-refractivity contribution < 1.29 is 13.2 Å². The highest BCUT2D eigenvalue weighted by atomic mass is 32.2. The van der Waals surface area contributed by atoms with Crippen LogP contribution in [0.1, 0.15) is 12.2 Å². The molecule has 1 aromatic heterocycles. The molecule has 9 heteroatoms. The average Bonchev–Trinajstić information content (AvgIpc) is 2.99. The van der Waals surface area contributed by atoms with Crippen LogP contribution in [-0.4, -0.2) is 66.9 Å². The minimum Gasteiger partial charge on any atom is -0.383 e. The first-order valence-corrected chi connectivity index (χ1v) is 8.95. The zero-order valence-corrected chi connectivity index (χ0v) is 13.3. The van der Waals surface area contributed by atoms with E-state index in [0.29, 0.717) is 24.6 Å². The number of hydrogen-bond acceptors (Lipinski definition) is 7. The maximum Gasteiger partial charge on any atom is 0.175 e. The molecule has 2 unspecified atom stereocenters. The maximum absolute atomic E-state index is 11.7. The second-order valence-electron chi connectivity index (χ2n) is 5.52. The van der Waals surface area contributed by atoms with Gasteiger partial charge in [0.2, 0.25) is 0 Å². The van der Waals surface area contributed by atoms with E-state index < -0.39 is 9.84 Å². The number of nitrogens with one attached hydrogen (secondary N) is 1. The van der Waals surface area contributed by atoms with Crippen LogP contribution in [-0.2, 0) is 28.0 Å². The van der Waals surface area contributed by atoms with Crippen LogP contribution < -0.4 is 5.32 Å². The van der Waals surface area contributed by atoms with Crippen LogP contribution in [0, 0.1) is 11.8 Å². The molecule has 21 heavy (non-hydrogen) atoms. The molecule has 1 aliphatic heterocycles. The highest BCUT2D eigenvalue weighted by Gasteiger charge is 2.34. The van der Waals surface area contributed by atoms with Gasteiger partial charge in [0.05, 0.1) is 25.2 Å². The van der Waals surface area contributed by atoms with Gasteiger partial charge in [0.15, 0.2) is 15.7 Å². The lowest BCUT2D eigenvalue weighted by Crippen LogP contribution is -2.32. The fourth-order valence-corrected chi connectivity index (χ4v) is 4.62. The SMILES string of the molecule is COCCNCC(Cc1nnn(C)n1)C1CCS(=O)(=O)C1. The Labute approximate surface area is 125 Å². The van der Waals surface area contributed by atoms with Crippen LogP contribution >= 0.6 is 0 Å². The Morgan fingerprint density at radius 1 is 1.52 bits per heavy atom. The second kappa shape index (κ2) is 7.28. The molecular formula is C12H23N5O3S. The van der Waals surface area contributed by atoms with Gasteiger partial charge in [-0.1, -0.05) is 0 Å². The van der Waals surface area contributed by atoms with Crippen molar-refractivity contribution in [3.63, 3.8) is 0 Å². The minimum atomic E-state index is -2.88. The molecule has 2 rings (SSSR count). The van der Waals surface area contributed by atoms with Crippen molar-refractivity contribution in [3.05, 3.63) is 5.82 Å². The van der Waals surface area contributed by atoms with Crippen LogP contribution in [0.5, 0.6) is 0 Å². The van der Waals surface area contributed by atoms with E-state index in [1.807, 2.05) is 0 Å². The molecule has 0 aromatic carbocycles. The van der Waals surface area contributed by atoms with Crippen LogP contribution in [0.2, 0.25) is 0 Å². The predicted octanol–water partition coefficient (Wildman–Crippen LogP) is -0.960. The molecule has 1 fully saturated rings. The summed E-state index contributed by atoms with van der Waals surface area (Å²) in [5, 5.41) is 15.3. The zero-order chi connectivity index (χ0) is 15.3. The van der Waals surface area contributed by atoms with Crippen molar-refractivity contribution in [2.75, 3.05) is 38.3 Å². The van der Waals surface area contributed by atoms with E-state index in [1.54, 1.807) is 14.2 Å². The second-order valence-corrected chi connectivity index (χ2v) is 7.75. The Kier molecular flexibility index (Phi) is 5.65. The summed E-state index contributed by atoms with van der Waals surface area (Å²) in [6.45, 7) is 2.13. The highest BCUT2D eigenvalue weighted by molar-refractivity contribution is 7.91. The number of sulfone groups is 1. The Bertz CT molecular complexity index is 545. The van der Waals surface area contributed by atoms with E-state index in [0.717, 1.165) is 19.5 Å². The number of rotatable bonds is 8. The van der Waals surface area contributed by atoms with Gasteiger partial charge in [-0.25, -0.2) is 8.42 Å². The molecule has 0 saturated carbocycles. The van der Waals surface area contributed by atoms with Crippen LogP contribution in [0.4, 0.5) is 0 Å². The van der Waals surface area contributed by atoms with Gasteiger partial charge in [-0.2, -0.15) is 4.80 Å². The summed E-state index contributed by atoms with van der Waals surface area (Å²) in [4.78, 5) is 1.43. The smallest absolute Gasteiger partial charge is 0.175 e. The van der Waals surface area contributed by atoms with Crippen molar-refractivity contribution in [2.45, 2.75) is 12.8 Å². The summed E-state index contributed by atoms with van der Waals surface area (Å²) in [7, 11) is 0.507. The van der Waals surface area contributed by atoms with Crippen molar-refractivity contribution in [3.8, 4) is 0 Å². The molecule has 1 saturated heterocycles. The molecule has 0 spiro atoms. The number of tetrazole rings is 1. The number of aromatic nitrogens is 4. The highest BCUT2D eigenvalue weighted by Crippen LogP contribution is 2.27. The van der Waals surface area contributed by atoms with E-state index >= 15 is 0 Å². The van der Waals surface area contributed by atoms with Gasteiger partial charge >= 0.3 is 0 Å². The standard InChI is InChI=1S/C12H23N5O3S/c1-17-15-12(14-16-17)7-11(8-13-4-5-20-2)10-3-6-21(18,19)9-10/h10-11,13H,3-9H2,1-2H3. The molecule has 0 amide bonds. The maximum atomic E-state index is 11.7. The summed E-state index contributed by atoms with van der Waals surface area (Å²) < 4.78 is 28.4. The van der Waals surface area contributed by atoms with Crippen molar-refractivity contribution in [1.29, 1.82) is 0 Å². The Morgan fingerprint density at radius 3 is 2.90 bits per heavy atom. The lowest BCUT2D eigenvalue weighted by molar-refractivity contribution is 0.195. The average molecular weight is 317 g/mol. The monoisotopic (exact) mass is 317 g/mol. The first kappa shape index (κ1) is 16.3. The first-order chi connectivity index (χ1) is 10.00. The molecule has 8 nitrogen and oxygen atoms in total. The Balaban J connectivity index is 1.96. The molecule has 1 aliphatic rings. The van der Waals surface area contributed by atoms with Gasteiger partial charge in [-0.15, -0.1) is 10.2 Å². The third-order valence-electron chi connectivity index (χ3n) is 3.82. The van der Waals surface area contributed by atoms with Crippen molar-refractivity contribution >= 4 is 9.84 Å². The fourth-order valence-electron chi connectivity index (χ4n) is 2.70. The Hall–Kier alpha value is -1.06. The first-order valence-electron chi connectivity index (χ1n) is 7.13. The molecule has 0 bridgehead atoms. The van der Waals surface area contributed by atoms with Crippen LogP contribution in [0.15, 0.2) is 0 Å². The van der Waals surface area contributed by atoms with Gasteiger partial charge in [-0.3, -0.25) is 0 Å². The number of hydrogen-bond donors (Lipinski definition) is 1. The molecule has 0 radical (unpaired) electrons. The lowest BCUT2D eigenvalue weighted by Gasteiger charge is -2.21. The summed E-state index contributed by atoms with van der Waals surface area (Å²) in [6.07, 6.45) is 1.37. The molecule has 2 heterocycles. The summed E-state index contributed by atoms with van der Waals surface area (Å²) in [6, 6.07) is 0. The summed E-state index contributed by atoms with van der Waals surface area (Å²) in [5.74, 6) is 1.59. The van der Waals surface area contributed by atoms with Gasteiger partial charge < -0.3 is 10.1 Å². The topological polar surface area (TPSA) is 99.0 Å². The van der Waals surface area contributed by atoms with Gasteiger partial charge in [-0.05, 0) is 30.0 Å². The van der Waals surface area contributed by atoms with E-state index in [2.05, 4.69) is 20.7 Å². The van der Waals surface area contributed by atoms with Gasteiger partial charge in [0, 0.05) is 20.1 Å². The number of nitrogens with zero attached hydrogens (tertiary/aromatic N) is 4. The number of methoxy groups -OCH3 is 1. The van der Waals surface area contributed by atoms with Crippen molar-refractivity contribution in [2.24, 2.45) is 18.9 Å². The third kappa shape index (κ3) is 5.01. The molecule has 2 atom stereocenters. The summed E-state index contributed by atoms with van der Waals surface area (Å²) >= 11 is 0.